The van der Waals surface area contributed by atoms with Crippen LogP contribution in [-0.2, 0) is 6.42 Å². The second-order valence-electron chi connectivity index (χ2n) is 9.66. The molecule has 162 valence electrons. The van der Waals surface area contributed by atoms with Gasteiger partial charge in [-0.3, -0.25) is 9.59 Å². The minimum atomic E-state index is -0.653. The Morgan fingerprint density at radius 3 is 2.06 bits per heavy atom. The van der Waals surface area contributed by atoms with E-state index in [4.69, 9.17) is 0 Å². The van der Waals surface area contributed by atoms with E-state index < -0.39 is 5.92 Å². The number of fused-ring (bicyclic) bond motifs is 3. The molecule has 2 heteroatoms. The van der Waals surface area contributed by atoms with Crippen LogP contribution in [0.25, 0.3) is 10.8 Å². The van der Waals surface area contributed by atoms with E-state index in [0.717, 1.165) is 12.8 Å². The van der Waals surface area contributed by atoms with Gasteiger partial charge in [-0.1, -0.05) is 78.9 Å². The van der Waals surface area contributed by atoms with E-state index >= 15 is 0 Å². The van der Waals surface area contributed by atoms with Gasteiger partial charge in [0.05, 0.1) is 5.92 Å². The lowest BCUT2D eigenvalue weighted by atomic mass is 9.65. The smallest absolute Gasteiger partial charge is 0.175 e. The van der Waals surface area contributed by atoms with E-state index in [1.54, 1.807) is 0 Å². The van der Waals surface area contributed by atoms with Crippen molar-refractivity contribution in [1.82, 2.24) is 0 Å². The molecule has 0 aliphatic heterocycles. The molecule has 0 saturated heterocycles. The summed E-state index contributed by atoms with van der Waals surface area (Å²) in [6.45, 7) is 4.26. The topological polar surface area (TPSA) is 34.1 Å². The predicted molar refractivity (Wildman–Crippen MR) is 132 cm³/mol. The normalized spacial score (nSPS) is 20.2. The summed E-state index contributed by atoms with van der Waals surface area (Å²) in [6, 6.07) is 26.9. The van der Waals surface area contributed by atoms with Gasteiger partial charge in [-0.15, -0.1) is 0 Å². The first-order valence-corrected chi connectivity index (χ1v) is 11.8. The van der Waals surface area contributed by atoms with Crippen LogP contribution in [0.3, 0.4) is 0 Å². The fraction of sp³-hybridized carbons (Fsp3) is 0.226. The van der Waals surface area contributed by atoms with Gasteiger partial charge >= 0.3 is 0 Å². The molecule has 0 saturated carbocycles. The summed E-state index contributed by atoms with van der Waals surface area (Å²) in [7, 11) is 0. The van der Waals surface area contributed by atoms with Crippen LogP contribution < -0.4 is 0 Å². The average Bonchev–Trinajstić information content (AvgIpc) is 3.09. The van der Waals surface area contributed by atoms with Gasteiger partial charge in [-0.2, -0.15) is 0 Å². The second kappa shape index (κ2) is 7.52. The predicted octanol–water partition coefficient (Wildman–Crippen LogP) is 6.97. The maximum atomic E-state index is 13.6. The van der Waals surface area contributed by atoms with Crippen molar-refractivity contribution in [2.24, 2.45) is 5.92 Å². The summed E-state index contributed by atoms with van der Waals surface area (Å²) in [5.41, 5.74) is 7.34. The molecule has 0 spiro atoms. The van der Waals surface area contributed by atoms with Crippen molar-refractivity contribution in [2.45, 2.75) is 38.5 Å². The van der Waals surface area contributed by atoms with Crippen molar-refractivity contribution < 1.29 is 9.59 Å². The SMILES string of the molecule is Cc1cc2c(cc1C)[C@H](C1C(=O)c3ccccc3C1=O)[C@H](c1ccc3ccccc3c1)CC2. The highest BCUT2D eigenvalue weighted by atomic mass is 16.2. The van der Waals surface area contributed by atoms with E-state index in [2.05, 4.69) is 68.4 Å². The molecule has 0 bridgehead atoms. The Kier molecular flexibility index (Phi) is 4.58. The van der Waals surface area contributed by atoms with Crippen LogP contribution in [0.1, 0.15) is 66.8 Å². The molecule has 4 aromatic carbocycles. The van der Waals surface area contributed by atoms with Crippen LogP contribution >= 0.6 is 0 Å². The summed E-state index contributed by atoms with van der Waals surface area (Å²) in [5.74, 6) is -0.715. The molecule has 2 atom stereocenters. The van der Waals surface area contributed by atoms with Crippen molar-refractivity contribution >= 4 is 22.3 Å². The van der Waals surface area contributed by atoms with E-state index in [1.165, 1.54) is 38.6 Å². The lowest BCUT2D eigenvalue weighted by Gasteiger charge is -2.37. The third-order valence-corrected chi connectivity index (χ3v) is 7.86. The highest BCUT2D eigenvalue weighted by molar-refractivity contribution is 6.27. The zero-order valence-electron chi connectivity index (χ0n) is 19.0. The first-order chi connectivity index (χ1) is 16.0. The Morgan fingerprint density at radius 2 is 1.33 bits per heavy atom. The van der Waals surface area contributed by atoms with E-state index in [9.17, 15) is 9.59 Å². The number of hydrogen-bond donors (Lipinski definition) is 0. The molecule has 2 aliphatic rings. The molecule has 0 radical (unpaired) electrons. The monoisotopic (exact) mass is 430 g/mol. The fourth-order valence-electron chi connectivity index (χ4n) is 6.05. The van der Waals surface area contributed by atoms with Gasteiger partial charge in [0.25, 0.3) is 0 Å². The maximum Gasteiger partial charge on any atom is 0.175 e. The van der Waals surface area contributed by atoms with Crippen LogP contribution in [0, 0.1) is 19.8 Å². The third kappa shape index (κ3) is 3.08. The van der Waals surface area contributed by atoms with Gasteiger partial charge in [0.2, 0.25) is 0 Å². The zero-order valence-corrected chi connectivity index (χ0v) is 19.0. The molecular formula is C31H26O2. The summed E-state index contributed by atoms with van der Waals surface area (Å²) in [5, 5.41) is 2.41. The molecule has 2 nitrogen and oxygen atoms in total. The van der Waals surface area contributed by atoms with Crippen molar-refractivity contribution in [3.8, 4) is 0 Å². The minimum Gasteiger partial charge on any atom is -0.293 e. The number of hydrogen-bond acceptors (Lipinski definition) is 2. The molecule has 6 rings (SSSR count). The van der Waals surface area contributed by atoms with Crippen molar-refractivity contribution in [3.63, 3.8) is 0 Å². The van der Waals surface area contributed by atoms with Gasteiger partial charge < -0.3 is 0 Å². The van der Waals surface area contributed by atoms with Gasteiger partial charge in [0, 0.05) is 17.0 Å². The number of benzene rings is 4. The van der Waals surface area contributed by atoms with Crippen LogP contribution in [0.4, 0.5) is 0 Å². The number of Topliss-reactive ketones (excluding diaryl/α,β-unsaturated/α-hetero) is 2. The maximum absolute atomic E-state index is 13.6. The van der Waals surface area contributed by atoms with Crippen molar-refractivity contribution in [1.29, 1.82) is 0 Å². The van der Waals surface area contributed by atoms with Crippen LogP contribution in [0.15, 0.2) is 78.9 Å². The molecule has 33 heavy (non-hydrogen) atoms. The van der Waals surface area contributed by atoms with Gasteiger partial charge in [-0.25, -0.2) is 0 Å². The molecule has 0 N–H and O–H groups in total. The molecule has 2 aliphatic carbocycles. The zero-order chi connectivity index (χ0) is 22.7. The number of ketones is 2. The summed E-state index contributed by atoms with van der Waals surface area (Å²) in [6.07, 6.45) is 1.90. The van der Waals surface area contributed by atoms with Crippen molar-refractivity contribution in [2.75, 3.05) is 0 Å². The molecule has 0 aromatic heterocycles. The minimum absolute atomic E-state index is 0.0162. The molecule has 0 fully saturated rings. The van der Waals surface area contributed by atoms with E-state index in [-0.39, 0.29) is 23.4 Å². The van der Waals surface area contributed by atoms with Crippen LogP contribution in [0.2, 0.25) is 0 Å². The lowest BCUT2D eigenvalue weighted by Crippen LogP contribution is -2.32. The van der Waals surface area contributed by atoms with Crippen molar-refractivity contribution in [3.05, 3.63) is 118 Å². The Hall–Kier alpha value is -3.52. The molecular weight excluding hydrogens is 404 g/mol. The quantitative estimate of drug-likeness (QED) is 0.322. The molecule has 4 aromatic rings. The fourth-order valence-corrected chi connectivity index (χ4v) is 6.05. The van der Waals surface area contributed by atoms with E-state index in [0.29, 0.717) is 11.1 Å². The van der Waals surface area contributed by atoms with Gasteiger partial charge in [-0.05, 0) is 71.2 Å². The highest BCUT2D eigenvalue weighted by Crippen LogP contribution is 2.50. The van der Waals surface area contributed by atoms with Gasteiger partial charge in [0.1, 0.15) is 0 Å². The standard InChI is InChI=1S/C31H26O2/c1-18-15-22-13-14-24(23-12-11-20-7-3-4-8-21(20)17-23)28(27(22)16-19(18)2)29-30(32)25-9-5-6-10-26(25)31(29)33/h3-12,15-17,24,28-29H,13-14H2,1-2H3/t24-,28+/m0/s1. The first kappa shape index (κ1) is 20.1. The summed E-state index contributed by atoms with van der Waals surface area (Å²) in [4.78, 5) is 27.3. The van der Waals surface area contributed by atoms with E-state index in [1.807, 2.05) is 24.3 Å². The van der Waals surface area contributed by atoms with Crippen LogP contribution in [-0.4, -0.2) is 11.6 Å². The second-order valence-corrected chi connectivity index (χ2v) is 9.66. The lowest BCUT2D eigenvalue weighted by molar-refractivity contribution is 0.0799. The number of aryl methyl sites for hydroxylation is 3. The van der Waals surface area contributed by atoms with Gasteiger partial charge in [0.15, 0.2) is 11.6 Å². The Morgan fingerprint density at radius 1 is 0.697 bits per heavy atom. The molecule has 0 unspecified atom stereocenters. The highest BCUT2D eigenvalue weighted by Gasteiger charge is 2.48. The Bertz CT molecular complexity index is 1410. The molecule has 0 amide bonds. The number of carbonyl (C=O) groups is 2. The molecule has 0 heterocycles. The summed E-state index contributed by atoms with van der Waals surface area (Å²) >= 11 is 0. The number of rotatable bonds is 2. The Labute approximate surface area is 194 Å². The third-order valence-electron chi connectivity index (χ3n) is 7.86. The summed E-state index contributed by atoms with van der Waals surface area (Å²) < 4.78 is 0. The first-order valence-electron chi connectivity index (χ1n) is 11.8. The largest absolute Gasteiger partial charge is 0.293 e. The van der Waals surface area contributed by atoms with Crippen LogP contribution in [0.5, 0.6) is 0 Å². The number of carbonyl (C=O) groups excluding carboxylic acids is 2. The average molecular weight is 431 g/mol. The Balaban J connectivity index is 1.54.